The van der Waals surface area contributed by atoms with Gasteiger partial charge in [0.15, 0.2) is 0 Å². The number of nitriles is 1. The van der Waals surface area contributed by atoms with Gasteiger partial charge in [-0.2, -0.15) is 10.4 Å². The summed E-state index contributed by atoms with van der Waals surface area (Å²) in [7, 11) is 1.73. The van der Waals surface area contributed by atoms with E-state index >= 15 is 0 Å². The van der Waals surface area contributed by atoms with Crippen molar-refractivity contribution in [1.29, 1.82) is 5.26 Å². The molecule has 1 fully saturated rings. The number of carbonyl (C=O) groups excluding carboxylic acids is 1. The maximum absolute atomic E-state index is 12.3. The van der Waals surface area contributed by atoms with Crippen LogP contribution in [-0.4, -0.2) is 15.7 Å². The molecule has 1 N–H and O–H groups in total. The van der Waals surface area contributed by atoms with Crippen LogP contribution in [0.25, 0.3) is 0 Å². The topological polar surface area (TPSA) is 70.7 Å². The highest BCUT2D eigenvalue weighted by Gasteiger charge is 2.21. The lowest BCUT2D eigenvalue weighted by atomic mass is 9.90. The molecule has 1 aromatic heterocycles. The van der Waals surface area contributed by atoms with Gasteiger partial charge in [-0.05, 0) is 12.8 Å². The molecular formula is C14H20N4O. The van der Waals surface area contributed by atoms with Gasteiger partial charge in [0.1, 0.15) is 17.5 Å². The first-order valence-corrected chi connectivity index (χ1v) is 6.95. The van der Waals surface area contributed by atoms with E-state index in [9.17, 15) is 4.79 Å². The SMILES string of the molecule is Cn1ncc(C#N)c1NC(=O)C1CCCCCCC1. The molecule has 0 atom stereocenters. The van der Waals surface area contributed by atoms with Gasteiger partial charge in [-0.15, -0.1) is 0 Å². The molecule has 0 aliphatic heterocycles. The normalized spacial score (nSPS) is 17.3. The Bertz CT molecular complexity index is 478. The van der Waals surface area contributed by atoms with E-state index in [1.165, 1.54) is 25.5 Å². The Morgan fingerprint density at radius 3 is 2.63 bits per heavy atom. The Morgan fingerprint density at radius 2 is 2.00 bits per heavy atom. The van der Waals surface area contributed by atoms with Gasteiger partial charge in [0, 0.05) is 13.0 Å². The minimum atomic E-state index is 0.0296. The number of aromatic nitrogens is 2. The van der Waals surface area contributed by atoms with Crippen molar-refractivity contribution in [2.24, 2.45) is 13.0 Å². The predicted octanol–water partition coefficient (Wildman–Crippen LogP) is 2.59. The number of anilines is 1. The van der Waals surface area contributed by atoms with Crippen LogP contribution in [0.2, 0.25) is 0 Å². The van der Waals surface area contributed by atoms with Crippen LogP contribution >= 0.6 is 0 Å². The van der Waals surface area contributed by atoms with E-state index in [1.807, 2.05) is 6.07 Å². The number of amides is 1. The summed E-state index contributed by atoms with van der Waals surface area (Å²) < 4.78 is 1.54. The number of hydrogen-bond donors (Lipinski definition) is 1. The summed E-state index contributed by atoms with van der Waals surface area (Å²) in [4.78, 5) is 12.3. The molecule has 5 nitrogen and oxygen atoms in total. The van der Waals surface area contributed by atoms with Crippen molar-refractivity contribution in [2.45, 2.75) is 44.9 Å². The third kappa shape index (κ3) is 3.34. The molecule has 102 valence electrons. The van der Waals surface area contributed by atoms with Gasteiger partial charge in [0.05, 0.1) is 6.20 Å². The van der Waals surface area contributed by atoms with E-state index < -0.39 is 0 Å². The minimum absolute atomic E-state index is 0.0296. The van der Waals surface area contributed by atoms with Gasteiger partial charge >= 0.3 is 0 Å². The number of carbonyl (C=O) groups is 1. The van der Waals surface area contributed by atoms with Gasteiger partial charge in [-0.25, -0.2) is 0 Å². The lowest BCUT2D eigenvalue weighted by Gasteiger charge is -2.19. The Hall–Kier alpha value is -1.83. The van der Waals surface area contributed by atoms with Crippen molar-refractivity contribution in [3.63, 3.8) is 0 Å². The van der Waals surface area contributed by atoms with Crippen molar-refractivity contribution >= 4 is 11.7 Å². The summed E-state index contributed by atoms with van der Waals surface area (Å²) in [5.41, 5.74) is 0.418. The second-order valence-electron chi connectivity index (χ2n) is 5.17. The minimum Gasteiger partial charge on any atom is -0.310 e. The van der Waals surface area contributed by atoms with Crippen LogP contribution in [0.4, 0.5) is 5.82 Å². The molecule has 0 spiro atoms. The molecule has 1 heterocycles. The molecule has 1 saturated carbocycles. The molecule has 1 aliphatic rings. The summed E-state index contributed by atoms with van der Waals surface area (Å²) in [5, 5.41) is 15.8. The van der Waals surface area contributed by atoms with Crippen LogP contribution in [0.1, 0.15) is 50.5 Å². The number of aryl methyl sites for hydroxylation is 1. The highest BCUT2D eigenvalue weighted by Crippen LogP contribution is 2.24. The molecule has 2 rings (SSSR count). The monoisotopic (exact) mass is 260 g/mol. The first-order valence-electron chi connectivity index (χ1n) is 6.95. The molecule has 0 aromatic carbocycles. The summed E-state index contributed by atoms with van der Waals surface area (Å²) in [6.45, 7) is 0. The van der Waals surface area contributed by atoms with Crippen LogP contribution in [-0.2, 0) is 11.8 Å². The van der Waals surface area contributed by atoms with E-state index in [-0.39, 0.29) is 11.8 Å². The maximum Gasteiger partial charge on any atom is 0.228 e. The van der Waals surface area contributed by atoms with E-state index in [0.717, 1.165) is 25.7 Å². The standard InChI is InChI=1S/C14H20N4O/c1-18-13(12(9-15)10-16-18)17-14(19)11-7-5-3-2-4-6-8-11/h10-11H,2-8H2,1H3,(H,17,19). The number of nitrogens with zero attached hydrogens (tertiary/aromatic N) is 3. The van der Waals surface area contributed by atoms with Crippen LogP contribution < -0.4 is 5.32 Å². The maximum atomic E-state index is 12.3. The third-order valence-electron chi connectivity index (χ3n) is 3.78. The molecule has 19 heavy (non-hydrogen) atoms. The summed E-state index contributed by atoms with van der Waals surface area (Å²) in [6, 6.07) is 2.05. The number of hydrogen-bond acceptors (Lipinski definition) is 3. The van der Waals surface area contributed by atoms with Crippen molar-refractivity contribution in [2.75, 3.05) is 5.32 Å². The largest absolute Gasteiger partial charge is 0.310 e. The summed E-state index contributed by atoms with van der Waals surface area (Å²) in [5.74, 6) is 0.610. The Labute approximate surface area is 113 Å². The van der Waals surface area contributed by atoms with Crippen LogP contribution in [0.3, 0.4) is 0 Å². The predicted molar refractivity (Wildman–Crippen MR) is 72.4 cm³/mol. The van der Waals surface area contributed by atoms with Crippen molar-refractivity contribution in [3.05, 3.63) is 11.8 Å². The van der Waals surface area contributed by atoms with E-state index in [4.69, 9.17) is 5.26 Å². The second kappa shape index (κ2) is 6.37. The van der Waals surface area contributed by atoms with Crippen LogP contribution in [0.5, 0.6) is 0 Å². The fourth-order valence-electron chi connectivity index (χ4n) is 2.60. The van der Waals surface area contributed by atoms with Crippen molar-refractivity contribution in [3.8, 4) is 6.07 Å². The lowest BCUT2D eigenvalue weighted by Crippen LogP contribution is -2.25. The molecule has 0 unspecified atom stereocenters. The first-order chi connectivity index (χ1) is 9.22. The summed E-state index contributed by atoms with van der Waals surface area (Å²) in [6.07, 6.45) is 9.35. The van der Waals surface area contributed by atoms with Gasteiger partial charge in [0.2, 0.25) is 5.91 Å². The highest BCUT2D eigenvalue weighted by atomic mass is 16.2. The Balaban J connectivity index is 2.03. The smallest absolute Gasteiger partial charge is 0.228 e. The molecule has 1 aliphatic carbocycles. The summed E-state index contributed by atoms with van der Waals surface area (Å²) >= 11 is 0. The second-order valence-corrected chi connectivity index (χ2v) is 5.17. The average Bonchev–Trinajstić information content (AvgIpc) is 2.70. The molecule has 1 amide bonds. The zero-order chi connectivity index (χ0) is 13.7. The zero-order valence-corrected chi connectivity index (χ0v) is 11.4. The van der Waals surface area contributed by atoms with Crippen molar-refractivity contribution < 1.29 is 4.79 Å². The van der Waals surface area contributed by atoms with Crippen molar-refractivity contribution in [1.82, 2.24) is 9.78 Å². The molecule has 0 saturated heterocycles. The fourth-order valence-corrected chi connectivity index (χ4v) is 2.60. The zero-order valence-electron chi connectivity index (χ0n) is 11.4. The first kappa shape index (κ1) is 13.6. The van der Waals surface area contributed by atoms with E-state index in [2.05, 4.69) is 10.4 Å². The molecular weight excluding hydrogens is 240 g/mol. The Morgan fingerprint density at radius 1 is 1.37 bits per heavy atom. The lowest BCUT2D eigenvalue weighted by molar-refractivity contribution is -0.120. The van der Waals surface area contributed by atoms with Gasteiger partial charge in [0.25, 0.3) is 0 Å². The van der Waals surface area contributed by atoms with Crippen LogP contribution in [0, 0.1) is 17.2 Å². The Kier molecular flexibility index (Phi) is 4.56. The fraction of sp³-hybridized carbons (Fsp3) is 0.643. The van der Waals surface area contributed by atoms with Gasteiger partial charge < -0.3 is 5.32 Å². The molecule has 1 aromatic rings. The van der Waals surface area contributed by atoms with Gasteiger partial charge in [-0.3, -0.25) is 9.48 Å². The van der Waals surface area contributed by atoms with Crippen LogP contribution in [0.15, 0.2) is 6.20 Å². The molecule has 0 bridgehead atoms. The number of rotatable bonds is 2. The molecule has 0 radical (unpaired) electrons. The highest BCUT2D eigenvalue weighted by molar-refractivity contribution is 5.92. The van der Waals surface area contributed by atoms with Gasteiger partial charge in [-0.1, -0.05) is 32.1 Å². The van der Waals surface area contributed by atoms with E-state index in [1.54, 1.807) is 11.7 Å². The quantitative estimate of drug-likeness (QED) is 0.888. The van der Waals surface area contributed by atoms with E-state index in [0.29, 0.717) is 11.4 Å². The average molecular weight is 260 g/mol. The molecule has 5 heteroatoms. The number of nitrogens with one attached hydrogen (secondary N) is 1. The third-order valence-corrected chi connectivity index (χ3v) is 3.78.